The van der Waals surface area contributed by atoms with Gasteiger partial charge in [0, 0.05) is 88.3 Å². The summed E-state index contributed by atoms with van der Waals surface area (Å²) in [5.41, 5.74) is 15.4. The fourth-order valence-electron chi connectivity index (χ4n) is 14.9. The van der Waals surface area contributed by atoms with Crippen molar-refractivity contribution in [1.82, 2.24) is 68.9 Å². The SMILES string of the molecule is N#Cc1cccc(-c2cc(-n3c4cc(-c5nc(-c6ccccc6)nc(-c6ccccc6)n5)ccc4c4ccc(-c5nc(-c6ccccc6)nc(-c6ccccc6)n5)cc43)c(C#N)c(-n3c4cc(-c5nc(-c6ccccc6)nc(-c6ccccc6)n5)ccc4c4ccc(-c5nc(-c6ccccc6)nc(-c6ccccc6)n5)cc43)c2)c1. The molecular weight excluding hydrogens is 1400 g/mol. The molecule has 0 spiro atoms. The van der Waals surface area contributed by atoms with E-state index in [0.29, 0.717) is 120 Å². The van der Waals surface area contributed by atoms with Gasteiger partial charge < -0.3 is 9.13 Å². The van der Waals surface area contributed by atoms with Crippen LogP contribution in [-0.4, -0.2) is 68.9 Å². The van der Waals surface area contributed by atoms with Crippen LogP contribution in [0.1, 0.15) is 11.1 Å². The molecule has 20 rings (SSSR count). The predicted molar refractivity (Wildman–Crippen MR) is 449 cm³/mol. The molecule has 16 nitrogen and oxygen atoms in total. The van der Waals surface area contributed by atoms with Crippen LogP contribution >= 0.6 is 0 Å². The fraction of sp³-hybridized carbons (Fsp3) is 0. The Labute approximate surface area is 653 Å². The lowest BCUT2D eigenvalue weighted by atomic mass is 9.98. The minimum Gasteiger partial charge on any atom is -0.308 e. The summed E-state index contributed by atoms with van der Waals surface area (Å²) in [4.78, 5) is 62.5. The molecule has 6 aromatic heterocycles. The van der Waals surface area contributed by atoms with Crippen molar-refractivity contribution in [1.29, 1.82) is 10.5 Å². The summed E-state index contributed by atoms with van der Waals surface area (Å²) >= 11 is 0. The molecule has 0 saturated heterocycles. The summed E-state index contributed by atoms with van der Waals surface area (Å²) in [5, 5.41) is 27.1. The molecule has 0 saturated carbocycles. The minimum atomic E-state index is 0.297. The van der Waals surface area contributed by atoms with Crippen LogP contribution in [0.15, 0.2) is 352 Å². The van der Waals surface area contributed by atoms with Crippen LogP contribution in [0.4, 0.5) is 0 Å². The van der Waals surface area contributed by atoms with Gasteiger partial charge in [-0.25, -0.2) is 59.8 Å². The summed E-state index contributed by atoms with van der Waals surface area (Å²) < 4.78 is 4.33. The van der Waals surface area contributed by atoms with Crippen LogP contribution in [0, 0.1) is 22.7 Å². The first kappa shape index (κ1) is 67.1. The lowest BCUT2D eigenvalue weighted by molar-refractivity contribution is 1.07. The summed E-state index contributed by atoms with van der Waals surface area (Å²) in [6.07, 6.45) is 0. The van der Waals surface area contributed by atoms with Crippen LogP contribution in [0.5, 0.6) is 0 Å². The third-order valence-corrected chi connectivity index (χ3v) is 20.4. The van der Waals surface area contributed by atoms with Gasteiger partial charge >= 0.3 is 0 Å². The van der Waals surface area contributed by atoms with Gasteiger partial charge in [0.25, 0.3) is 0 Å². The van der Waals surface area contributed by atoms with Crippen molar-refractivity contribution in [2.45, 2.75) is 0 Å². The van der Waals surface area contributed by atoms with Gasteiger partial charge in [-0.15, -0.1) is 0 Å². The molecule has 20 aromatic rings. The molecule has 6 heterocycles. The second-order valence-corrected chi connectivity index (χ2v) is 27.4. The number of benzene rings is 14. The Balaban J connectivity index is 0.897. The first-order valence-electron chi connectivity index (χ1n) is 37.1. The number of nitriles is 2. The van der Waals surface area contributed by atoms with Crippen LogP contribution in [-0.2, 0) is 0 Å². The Morgan fingerprint density at radius 2 is 0.386 bits per heavy atom. The predicted octanol–water partition coefficient (Wildman–Crippen LogP) is 22.0. The number of hydrogen-bond donors (Lipinski definition) is 0. The third-order valence-electron chi connectivity index (χ3n) is 20.4. The summed E-state index contributed by atoms with van der Waals surface area (Å²) in [6.45, 7) is 0. The quantitative estimate of drug-likeness (QED) is 0.0934. The average molecular weight is 1460 g/mol. The van der Waals surface area contributed by atoms with E-state index < -0.39 is 0 Å². The number of hydrogen-bond acceptors (Lipinski definition) is 14. The van der Waals surface area contributed by atoms with Gasteiger partial charge in [-0.05, 0) is 59.7 Å². The molecule has 16 heteroatoms. The number of aromatic nitrogens is 14. The zero-order valence-electron chi connectivity index (χ0n) is 60.6. The molecule has 0 amide bonds. The van der Waals surface area contributed by atoms with Gasteiger partial charge in [0.15, 0.2) is 69.9 Å². The van der Waals surface area contributed by atoms with Gasteiger partial charge in [-0.2, -0.15) is 10.5 Å². The number of fused-ring (bicyclic) bond motifs is 6. The Morgan fingerprint density at radius 1 is 0.175 bits per heavy atom. The highest BCUT2D eigenvalue weighted by molar-refractivity contribution is 6.13. The molecule has 0 bridgehead atoms. The maximum absolute atomic E-state index is 12.8. The van der Waals surface area contributed by atoms with E-state index in [-0.39, 0.29) is 0 Å². The minimum absolute atomic E-state index is 0.297. The molecule has 0 N–H and O–H groups in total. The van der Waals surface area contributed by atoms with E-state index in [1.807, 2.05) is 285 Å². The van der Waals surface area contributed by atoms with Crippen LogP contribution in [0.3, 0.4) is 0 Å². The molecule has 530 valence electrons. The smallest absolute Gasteiger partial charge is 0.164 e. The van der Waals surface area contributed by atoms with Crippen molar-refractivity contribution < 1.29 is 0 Å². The van der Waals surface area contributed by atoms with E-state index in [1.165, 1.54) is 0 Å². The first-order valence-corrected chi connectivity index (χ1v) is 37.1. The Hall–Kier alpha value is -16.3. The van der Waals surface area contributed by atoms with Gasteiger partial charge in [0.05, 0.1) is 45.1 Å². The van der Waals surface area contributed by atoms with E-state index in [1.54, 1.807) is 6.07 Å². The van der Waals surface area contributed by atoms with Crippen molar-refractivity contribution >= 4 is 43.6 Å². The summed E-state index contributed by atoms with van der Waals surface area (Å²) in [7, 11) is 0. The van der Waals surface area contributed by atoms with Crippen LogP contribution < -0.4 is 0 Å². The number of nitrogens with zero attached hydrogens (tertiary/aromatic N) is 16. The van der Waals surface area contributed by atoms with Crippen molar-refractivity contribution in [3.63, 3.8) is 0 Å². The molecule has 114 heavy (non-hydrogen) atoms. The average Bonchev–Trinajstić information content (AvgIpc) is 1.60. The first-order chi connectivity index (χ1) is 56.4. The second-order valence-electron chi connectivity index (χ2n) is 27.4. The zero-order chi connectivity index (χ0) is 76.0. The molecule has 14 aromatic carbocycles. The van der Waals surface area contributed by atoms with Gasteiger partial charge in [-0.3, -0.25) is 0 Å². The zero-order valence-corrected chi connectivity index (χ0v) is 60.6. The largest absolute Gasteiger partial charge is 0.308 e. The second kappa shape index (κ2) is 28.7. The van der Waals surface area contributed by atoms with Crippen LogP contribution in [0.25, 0.3) is 203 Å². The van der Waals surface area contributed by atoms with Crippen molar-refractivity contribution in [3.8, 4) is 171 Å². The molecule has 0 aliphatic heterocycles. The highest BCUT2D eigenvalue weighted by Gasteiger charge is 2.27. The molecule has 0 radical (unpaired) electrons. The Morgan fingerprint density at radius 3 is 0.596 bits per heavy atom. The fourth-order valence-corrected chi connectivity index (χ4v) is 14.9. The highest BCUT2D eigenvalue weighted by atomic mass is 15.1. The maximum atomic E-state index is 12.8. The van der Waals surface area contributed by atoms with Crippen molar-refractivity contribution in [2.75, 3.05) is 0 Å². The van der Waals surface area contributed by atoms with Gasteiger partial charge in [0.2, 0.25) is 0 Å². The molecular formula is C98H58N16. The van der Waals surface area contributed by atoms with E-state index in [0.717, 1.165) is 93.7 Å². The Kier molecular flexibility index (Phi) is 16.9. The lowest BCUT2D eigenvalue weighted by Gasteiger charge is -2.19. The molecule has 0 unspecified atom stereocenters. The third kappa shape index (κ3) is 12.5. The van der Waals surface area contributed by atoms with Crippen LogP contribution in [0.2, 0.25) is 0 Å². The maximum Gasteiger partial charge on any atom is 0.164 e. The highest BCUT2D eigenvalue weighted by Crippen LogP contribution is 2.45. The normalized spacial score (nSPS) is 11.3. The summed E-state index contributed by atoms with van der Waals surface area (Å²) in [6, 6.07) is 121. The molecule has 0 aliphatic carbocycles. The topological polar surface area (TPSA) is 212 Å². The summed E-state index contributed by atoms with van der Waals surface area (Å²) in [5.74, 6) is 5.74. The molecule has 0 atom stereocenters. The lowest BCUT2D eigenvalue weighted by Crippen LogP contribution is -2.06. The monoisotopic (exact) mass is 1460 g/mol. The van der Waals surface area contributed by atoms with E-state index >= 15 is 0 Å². The molecule has 0 fully saturated rings. The number of rotatable bonds is 15. The van der Waals surface area contributed by atoms with Gasteiger partial charge in [-0.1, -0.05) is 303 Å². The molecule has 0 aliphatic rings. The van der Waals surface area contributed by atoms with E-state index in [9.17, 15) is 10.5 Å². The van der Waals surface area contributed by atoms with Gasteiger partial charge in [0.1, 0.15) is 11.6 Å². The standard InChI is InChI=1S/C98H58N16/c99-59-61-26-25-43-70(52-61)75-57-85(113-81-53-71(95-105-87(62-27-9-1-10-28-62)101-88(106-95)63-29-11-2-12-30-63)44-48-76(81)77-49-45-72(54-82(77)113)96-107-89(64-31-13-3-14-32-64)102-90(108-96)65-33-15-4-16-34-65)80(60-100)86(58-75)114-83-55-73(97-109-91(66-35-17-5-18-36-66)103-92(110-97)67-37-19-6-20-38-67)46-50-78(83)79-51-47-74(56-84(79)114)98-111-93(68-39-21-7-22-40-68)104-94(112-98)69-41-23-8-24-42-69/h1-58H. The Bertz CT molecular complexity index is 6220. The van der Waals surface area contributed by atoms with E-state index in [2.05, 4.69) is 81.9 Å². The van der Waals surface area contributed by atoms with Crippen molar-refractivity contribution in [2.24, 2.45) is 0 Å². The van der Waals surface area contributed by atoms with E-state index in [4.69, 9.17) is 59.8 Å². The van der Waals surface area contributed by atoms with Crippen molar-refractivity contribution in [3.05, 3.63) is 363 Å².